The second-order valence-electron chi connectivity index (χ2n) is 6.23. The summed E-state index contributed by atoms with van der Waals surface area (Å²) in [5.74, 6) is 2.17. The second kappa shape index (κ2) is 10.0. The minimum Gasteiger partial charge on any atom is -0.493 e. The third-order valence-electron chi connectivity index (χ3n) is 4.41. The maximum atomic E-state index is 9.37. The molecule has 2 rings (SSSR count). The molecule has 142 valence electrons. The number of hydrogen-bond donors (Lipinski definition) is 1. The fourth-order valence-electron chi connectivity index (χ4n) is 2.72. The molecule has 0 fully saturated rings. The van der Waals surface area contributed by atoms with E-state index in [1.807, 2.05) is 49.4 Å². The molecule has 0 bridgehead atoms. The summed E-state index contributed by atoms with van der Waals surface area (Å²) in [4.78, 5) is 4.73. The Hall–Kier alpha value is -2.24. The molecule has 0 aliphatic heterocycles. The molecular weight excluding hydrogens is 332 g/mol. The smallest absolute Gasteiger partial charge is 0.160 e. The lowest BCUT2D eigenvalue weighted by Gasteiger charge is -2.17. The van der Waals surface area contributed by atoms with Crippen molar-refractivity contribution in [1.82, 2.24) is 0 Å². The first kappa shape index (κ1) is 20.1. The van der Waals surface area contributed by atoms with Gasteiger partial charge in [0.15, 0.2) is 11.5 Å². The summed E-state index contributed by atoms with van der Waals surface area (Å²) in [5, 5.41) is 9.37. The van der Waals surface area contributed by atoms with Crippen LogP contribution in [0.3, 0.4) is 0 Å². The summed E-state index contributed by atoms with van der Waals surface area (Å²) in [6.07, 6.45) is 2.00. The number of ether oxygens (including phenoxy) is 3. The van der Waals surface area contributed by atoms with Crippen LogP contribution in [-0.2, 0) is 11.3 Å². The van der Waals surface area contributed by atoms with Crippen LogP contribution in [0.5, 0.6) is 17.2 Å². The SMILES string of the molecule is CCC(C)Oc1cccc([C@@H](CCc2ccc(OC)c(OC)c2)OO)c1. The van der Waals surface area contributed by atoms with Crippen molar-refractivity contribution >= 4 is 0 Å². The molecule has 2 aromatic rings. The van der Waals surface area contributed by atoms with E-state index in [2.05, 4.69) is 6.92 Å². The van der Waals surface area contributed by atoms with E-state index in [1.54, 1.807) is 14.2 Å². The molecule has 0 spiro atoms. The maximum Gasteiger partial charge on any atom is 0.160 e. The summed E-state index contributed by atoms with van der Waals surface area (Å²) >= 11 is 0. The Morgan fingerprint density at radius 3 is 2.42 bits per heavy atom. The van der Waals surface area contributed by atoms with E-state index in [4.69, 9.17) is 19.1 Å². The lowest BCUT2D eigenvalue weighted by Crippen LogP contribution is -2.10. The molecule has 1 N–H and O–H groups in total. The van der Waals surface area contributed by atoms with Crippen molar-refractivity contribution in [2.24, 2.45) is 0 Å². The summed E-state index contributed by atoms with van der Waals surface area (Å²) in [6.45, 7) is 4.11. The Kier molecular flexibility index (Phi) is 7.75. The average molecular weight is 360 g/mol. The van der Waals surface area contributed by atoms with Gasteiger partial charge in [-0.25, -0.2) is 4.89 Å². The van der Waals surface area contributed by atoms with Crippen LogP contribution in [0.25, 0.3) is 0 Å². The van der Waals surface area contributed by atoms with Gasteiger partial charge in [-0.3, -0.25) is 5.26 Å². The van der Waals surface area contributed by atoms with Crippen molar-refractivity contribution in [3.63, 3.8) is 0 Å². The van der Waals surface area contributed by atoms with Crippen LogP contribution >= 0.6 is 0 Å². The van der Waals surface area contributed by atoms with Crippen molar-refractivity contribution in [3.05, 3.63) is 53.6 Å². The fourth-order valence-corrected chi connectivity index (χ4v) is 2.72. The summed E-state index contributed by atoms with van der Waals surface area (Å²) in [5.41, 5.74) is 1.96. The average Bonchev–Trinajstić information content (AvgIpc) is 2.68. The molecule has 5 nitrogen and oxygen atoms in total. The highest BCUT2D eigenvalue weighted by atomic mass is 17.1. The molecule has 1 unspecified atom stereocenters. The molecule has 0 saturated heterocycles. The lowest BCUT2D eigenvalue weighted by molar-refractivity contribution is -0.283. The van der Waals surface area contributed by atoms with Crippen molar-refractivity contribution in [3.8, 4) is 17.2 Å². The predicted molar refractivity (Wildman–Crippen MR) is 101 cm³/mol. The molecule has 26 heavy (non-hydrogen) atoms. The Morgan fingerprint density at radius 2 is 1.77 bits per heavy atom. The van der Waals surface area contributed by atoms with Crippen molar-refractivity contribution in [1.29, 1.82) is 0 Å². The normalized spacial score (nSPS) is 13.1. The molecule has 0 radical (unpaired) electrons. The zero-order valence-electron chi connectivity index (χ0n) is 15.9. The molecule has 0 amide bonds. The third kappa shape index (κ3) is 5.38. The molecule has 0 aliphatic rings. The van der Waals surface area contributed by atoms with Gasteiger partial charge in [0.05, 0.1) is 20.3 Å². The van der Waals surface area contributed by atoms with Gasteiger partial charge in [0, 0.05) is 0 Å². The highest BCUT2D eigenvalue weighted by molar-refractivity contribution is 5.43. The number of benzene rings is 2. The first-order valence-electron chi connectivity index (χ1n) is 8.89. The fraction of sp³-hybridized carbons (Fsp3) is 0.429. The number of rotatable bonds is 10. The molecular formula is C21H28O5. The second-order valence-corrected chi connectivity index (χ2v) is 6.23. The zero-order valence-corrected chi connectivity index (χ0v) is 15.9. The molecule has 0 aliphatic carbocycles. The highest BCUT2D eigenvalue weighted by Crippen LogP contribution is 2.30. The van der Waals surface area contributed by atoms with Crippen LogP contribution < -0.4 is 14.2 Å². The van der Waals surface area contributed by atoms with Crippen molar-refractivity contribution in [2.45, 2.75) is 45.3 Å². The van der Waals surface area contributed by atoms with Gasteiger partial charge in [-0.1, -0.05) is 25.1 Å². The van der Waals surface area contributed by atoms with Crippen LogP contribution in [0.4, 0.5) is 0 Å². The first-order chi connectivity index (χ1) is 12.6. The molecule has 5 heteroatoms. The van der Waals surface area contributed by atoms with E-state index in [1.165, 1.54) is 0 Å². The van der Waals surface area contributed by atoms with Gasteiger partial charge in [0.25, 0.3) is 0 Å². The Morgan fingerprint density at radius 1 is 1.00 bits per heavy atom. The topological polar surface area (TPSA) is 57.2 Å². The van der Waals surface area contributed by atoms with Crippen molar-refractivity contribution < 1.29 is 24.4 Å². The first-order valence-corrected chi connectivity index (χ1v) is 8.89. The van der Waals surface area contributed by atoms with Crippen LogP contribution in [0.15, 0.2) is 42.5 Å². The number of hydrogen-bond acceptors (Lipinski definition) is 5. The van der Waals surface area contributed by atoms with Gasteiger partial charge >= 0.3 is 0 Å². The number of methoxy groups -OCH3 is 2. The largest absolute Gasteiger partial charge is 0.493 e. The highest BCUT2D eigenvalue weighted by Gasteiger charge is 2.15. The zero-order chi connectivity index (χ0) is 18.9. The van der Waals surface area contributed by atoms with E-state index in [-0.39, 0.29) is 6.10 Å². The van der Waals surface area contributed by atoms with Gasteiger partial charge in [0.1, 0.15) is 11.9 Å². The van der Waals surface area contributed by atoms with E-state index >= 15 is 0 Å². The molecule has 0 saturated carbocycles. The summed E-state index contributed by atoms with van der Waals surface area (Å²) < 4.78 is 16.4. The Labute approximate surface area is 155 Å². The maximum absolute atomic E-state index is 9.37. The van der Waals surface area contributed by atoms with Gasteiger partial charge in [-0.2, -0.15) is 0 Å². The van der Waals surface area contributed by atoms with E-state index in [0.717, 1.165) is 29.7 Å². The molecule has 2 aromatic carbocycles. The van der Waals surface area contributed by atoms with Crippen LogP contribution in [0.1, 0.15) is 43.9 Å². The minimum atomic E-state index is -0.427. The van der Waals surface area contributed by atoms with Crippen LogP contribution in [0, 0.1) is 0 Å². The van der Waals surface area contributed by atoms with Gasteiger partial charge < -0.3 is 14.2 Å². The predicted octanol–water partition coefficient (Wildman–Crippen LogP) is 5.04. The van der Waals surface area contributed by atoms with Crippen LogP contribution in [-0.4, -0.2) is 25.6 Å². The van der Waals surface area contributed by atoms with Crippen molar-refractivity contribution in [2.75, 3.05) is 14.2 Å². The summed E-state index contributed by atoms with van der Waals surface area (Å²) in [7, 11) is 3.23. The summed E-state index contributed by atoms with van der Waals surface area (Å²) in [6, 6.07) is 13.5. The monoisotopic (exact) mass is 360 g/mol. The quantitative estimate of drug-likeness (QED) is 0.475. The van der Waals surface area contributed by atoms with Gasteiger partial charge in [-0.05, 0) is 61.6 Å². The Balaban J connectivity index is 2.06. The molecule has 0 aromatic heterocycles. The minimum absolute atomic E-state index is 0.144. The van der Waals surface area contributed by atoms with Crippen LogP contribution in [0.2, 0.25) is 0 Å². The third-order valence-corrected chi connectivity index (χ3v) is 4.41. The number of aryl methyl sites for hydroxylation is 1. The van der Waals surface area contributed by atoms with Gasteiger partial charge in [0.2, 0.25) is 0 Å². The Bertz CT molecular complexity index is 686. The lowest BCUT2D eigenvalue weighted by atomic mass is 10.0. The molecule has 2 atom stereocenters. The van der Waals surface area contributed by atoms with E-state index in [0.29, 0.717) is 17.9 Å². The standard InChI is InChI=1S/C21H28O5/c1-5-15(2)25-18-8-6-7-17(14-18)19(26-22)11-9-16-10-12-20(23-3)21(13-16)24-4/h6-8,10,12-15,19,22H,5,9,11H2,1-4H3/t15?,19-/m1/s1. The van der Waals surface area contributed by atoms with E-state index in [9.17, 15) is 5.26 Å². The molecule has 0 heterocycles. The van der Waals surface area contributed by atoms with E-state index < -0.39 is 6.10 Å². The van der Waals surface area contributed by atoms with Gasteiger partial charge in [-0.15, -0.1) is 0 Å².